The SMILES string of the molecule is CC(C)[NH2+]C(NC(=O)c1cccs1)C(Cl)(Cl)Cl. The Morgan fingerprint density at radius 2 is 2.12 bits per heavy atom. The number of amides is 1. The second-order valence-corrected chi connectivity index (χ2v) is 7.22. The molecule has 1 atom stereocenters. The second kappa shape index (κ2) is 6.25. The number of nitrogens with one attached hydrogen (secondary N) is 1. The molecule has 0 bridgehead atoms. The van der Waals surface area contributed by atoms with Gasteiger partial charge in [-0.3, -0.25) is 10.1 Å². The van der Waals surface area contributed by atoms with Crippen molar-refractivity contribution in [2.24, 2.45) is 0 Å². The van der Waals surface area contributed by atoms with E-state index >= 15 is 0 Å². The number of hydrogen-bond donors (Lipinski definition) is 2. The van der Waals surface area contributed by atoms with Crippen LogP contribution >= 0.6 is 46.1 Å². The van der Waals surface area contributed by atoms with E-state index in [2.05, 4.69) is 5.32 Å². The van der Waals surface area contributed by atoms with Gasteiger partial charge in [0.15, 0.2) is 0 Å². The number of carbonyl (C=O) groups is 1. The van der Waals surface area contributed by atoms with Crippen molar-refractivity contribution in [1.29, 1.82) is 0 Å². The van der Waals surface area contributed by atoms with Gasteiger partial charge in [0, 0.05) is 0 Å². The molecule has 0 fully saturated rings. The average molecular weight is 317 g/mol. The van der Waals surface area contributed by atoms with Gasteiger partial charge >= 0.3 is 0 Å². The van der Waals surface area contributed by atoms with Gasteiger partial charge in [-0.15, -0.1) is 11.3 Å². The third kappa shape index (κ3) is 5.02. The van der Waals surface area contributed by atoms with Crippen LogP contribution in [-0.2, 0) is 0 Å². The monoisotopic (exact) mass is 315 g/mol. The van der Waals surface area contributed by atoms with Crippen LogP contribution in [0.4, 0.5) is 0 Å². The predicted octanol–water partition coefficient (Wildman–Crippen LogP) is 2.15. The number of carbonyl (C=O) groups excluding carboxylic acids is 1. The largest absolute Gasteiger partial charge is 0.321 e. The van der Waals surface area contributed by atoms with Crippen LogP contribution in [0.2, 0.25) is 0 Å². The molecule has 0 saturated carbocycles. The van der Waals surface area contributed by atoms with Crippen LogP contribution in [0.25, 0.3) is 0 Å². The van der Waals surface area contributed by atoms with Crippen molar-refractivity contribution < 1.29 is 10.1 Å². The van der Waals surface area contributed by atoms with E-state index in [4.69, 9.17) is 34.8 Å². The summed E-state index contributed by atoms with van der Waals surface area (Å²) in [5, 5.41) is 6.34. The molecule has 0 aromatic carbocycles. The van der Waals surface area contributed by atoms with Crippen LogP contribution in [0, 0.1) is 0 Å². The molecular weight excluding hydrogens is 303 g/mol. The lowest BCUT2D eigenvalue weighted by molar-refractivity contribution is -0.717. The molecule has 0 spiro atoms. The maximum Gasteiger partial charge on any atom is 0.265 e. The van der Waals surface area contributed by atoms with Crippen molar-refractivity contribution in [2.45, 2.75) is 29.8 Å². The zero-order valence-corrected chi connectivity index (χ0v) is 12.5. The van der Waals surface area contributed by atoms with Crippen molar-refractivity contribution in [3.05, 3.63) is 22.4 Å². The Morgan fingerprint density at radius 3 is 2.53 bits per heavy atom. The Labute approximate surface area is 119 Å². The Kier molecular flexibility index (Phi) is 5.54. The minimum Gasteiger partial charge on any atom is -0.321 e. The fourth-order valence-corrected chi connectivity index (χ4v) is 2.25. The molecule has 3 N–H and O–H groups in total. The van der Waals surface area contributed by atoms with Crippen molar-refractivity contribution in [1.82, 2.24) is 5.32 Å². The van der Waals surface area contributed by atoms with Gasteiger partial charge in [-0.2, -0.15) is 0 Å². The highest BCUT2D eigenvalue weighted by Crippen LogP contribution is 2.27. The normalized spacial score (nSPS) is 13.8. The van der Waals surface area contributed by atoms with Crippen LogP contribution < -0.4 is 10.6 Å². The van der Waals surface area contributed by atoms with Crippen LogP contribution in [0.1, 0.15) is 23.5 Å². The fraction of sp³-hybridized carbons (Fsp3) is 0.500. The third-order valence-corrected chi connectivity index (χ3v) is 3.54. The molecule has 3 nitrogen and oxygen atoms in total. The summed E-state index contributed by atoms with van der Waals surface area (Å²) in [4.78, 5) is 12.4. The molecular formula is C10H14Cl3N2OS+. The molecule has 0 aliphatic rings. The van der Waals surface area contributed by atoms with Crippen molar-refractivity contribution >= 4 is 52.0 Å². The first-order valence-electron chi connectivity index (χ1n) is 5.06. The third-order valence-electron chi connectivity index (χ3n) is 1.96. The topological polar surface area (TPSA) is 45.7 Å². The highest BCUT2D eigenvalue weighted by molar-refractivity contribution is 7.12. The molecule has 0 radical (unpaired) electrons. The molecule has 1 aromatic rings. The van der Waals surface area contributed by atoms with Gasteiger partial charge in [0.1, 0.15) is 0 Å². The number of rotatable bonds is 4. The first kappa shape index (κ1) is 15.1. The zero-order chi connectivity index (χ0) is 13.1. The lowest BCUT2D eigenvalue weighted by Gasteiger charge is -2.24. The molecule has 0 aliphatic carbocycles. The van der Waals surface area contributed by atoms with Crippen molar-refractivity contribution in [2.75, 3.05) is 0 Å². The Balaban J connectivity index is 2.70. The summed E-state index contributed by atoms with van der Waals surface area (Å²) in [6, 6.07) is 3.74. The van der Waals surface area contributed by atoms with Gasteiger partial charge in [0.25, 0.3) is 9.70 Å². The molecule has 7 heteroatoms. The summed E-state index contributed by atoms with van der Waals surface area (Å²) in [7, 11) is 0. The molecule has 1 aromatic heterocycles. The second-order valence-electron chi connectivity index (χ2n) is 3.91. The summed E-state index contributed by atoms with van der Waals surface area (Å²) in [5.41, 5.74) is 0. The molecule has 0 saturated heterocycles. The standard InChI is InChI=1S/C10H13Cl3N2OS/c1-6(2)14-9(10(11,12)13)15-8(16)7-4-3-5-17-7/h3-6,9,14H,1-2H3,(H,15,16)/p+1. The summed E-state index contributed by atoms with van der Waals surface area (Å²) < 4.78 is -1.54. The molecule has 1 unspecified atom stereocenters. The summed E-state index contributed by atoms with van der Waals surface area (Å²) in [6.07, 6.45) is -0.609. The van der Waals surface area contributed by atoms with Crippen LogP contribution in [0.5, 0.6) is 0 Å². The lowest BCUT2D eigenvalue weighted by atomic mass is 10.3. The van der Waals surface area contributed by atoms with E-state index in [-0.39, 0.29) is 11.9 Å². The van der Waals surface area contributed by atoms with Gasteiger partial charge in [0.05, 0.1) is 10.9 Å². The van der Waals surface area contributed by atoms with Gasteiger partial charge < -0.3 is 5.32 Å². The van der Waals surface area contributed by atoms with E-state index in [1.54, 1.807) is 17.4 Å². The Hall–Kier alpha value is -0.000000000000000111. The molecule has 96 valence electrons. The van der Waals surface area contributed by atoms with Crippen molar-refractivity contribution in [3.63, 3.8) is 0 Å². The average Bonchev–Trinajstić information content (AvgIpc) is 2.66. The fourth-order valence-electron chi connectivity index (χ4n) is 1.24. The highest BCUT2D eigenvalue weighted by Gasteiger charge is 2.38. The maximum atomic E-state index is 11.8. The number of alkyl halides is 3. The summed E-state index contributed by atoms with van der Waals surface area (Å²) in [5.74, 6) is -0.228. The predicted molar refractivity (Wildman–Crippen MR) is 72.9 cm³/mol. The van der Waals surface area contributed by atoms with E-state index in [0.717, 1.165) is 0 Å². The van der Waals surface area contributed by atoms with Crippen LogP contribution in [-0.4, -0.2) is 21.9 Å². The smallest absolute Gasteiger partial charge is 0.265 e. The maximum absolute atomic E-state index is 11.8. The Morgan fingerprint density at radius 1 is 1.47 bits per heavy atom. The summed E-state index contributed by atoms with van der Waals surface area (Å²) >= 11 is 18.9. The van der Waals surface area contributed by atoms with Crippen LogP contribution in [0.3, 0.4) is 0 Å². The molecule has 1 heterocycles. The number of halogens is 3. The molecule has 1 amide bonds. The Bertz CT molecular complexity index is 362. The minimum atomic E-state index is -1.54. The van der Waals surface area contributed by atoms with E-state index in [0.29, 0.717) is 4.88 Å². The first-order chi connectivity index (χ1) is 7.80. The van der Waals surface area contributed by atoms with E-state index in [1.165, 1.54) is 11.3 Å². The number of quaternary nitrogens is 1. The van der Waals surface area contributed by atoms with Gasteiger partial charge in [-0.05, 0) is 25.3 Å². The minimum absolute atomic E-state index is 0.208. The summed E-state index contributed by atoms with van der Waals surface area (Å²) in [6.45, 7) is 3.92. The molecule has 0 aliphatic heterocycles. The first-order valence-corrected chi connectivity index (χ1v) is 7.08. The van der Waals surface area contributed by atoms with Crippen molar-refractivity contribution in [3.8, 4) is 0 Å². The molecule has 1 rings (SSSR count). The van der Waals surface area contributed by atoms with Gasteiger partial charge in [-0.25, -0.2) is 0 Å². The van der Waals surface area contributed by atoms with E-state index in [9.17, 15) is 4.79 Å². The van der Waals surface area contributed by atoms with Gasteiger partial charge in [0.2, 0.25) is 6.17 Å². The lowest BCUT2D eigenvalue weighted by Crippen LogP contribution is -2.99. The number of thiophene rings is 1. The van der Waals surface area contributed by atoms with Crippen LogP contribution in [0.15, 0.2) is 17.5 Å². The highest BCUT2D eigenvalue weighted by atomic mass is 35.6. The quantitative estimate of drug-likeness (QED) is 0.649. The zero-order valence-electron chi connectivity index (χ0n) is 9.41. The van der Waals surface area contributed by atoms with Gasteiger partial charge in [-0.1, -0.05) is 40.9 Å². The molecule has 17 heavy (non-hydrogen) atoms. The number of hydrogen-bond acceptors (Lipinski definition) is 2. The van der Waals surface area contributed by atoms with E-state index in [1.807, 2.05) is 19.2 Å². The number of nitrogens with two attached hydrogens (primary N) is 1. The van der Waals surface area contributed by atoms with E-state index < -0.39 is 9.96 Å².